The first kappa shape index (κ1) is 20.4. The Morgan fingerprint density at radius 1 is 1.11 bits per heavy atom. The van der Waals surface area contributed by atoms with Gasteiger partial charge in [0.05, 0.1) is 18.6 Å². The number of ether oxygens (including phenoxy) is 1. The molecule has 0 unspecified atom stereocenters. The van der Waals surface area contributed by atoms with E-state index in [1.807, 2.05) is 6.92 Å². The topological polar surface area (TPSA) is 92.8 Å². The molecule has 7 nitrogen and oxygen atoms in total. The van der Waals surface area contributed by atoms with E-state index in [1.54, 1.807) is 48.5 Å². The third-order valence-electron chi connectivity index (χ3n) is 3.66. The molecule has 1 N–H and O–H groups in total. The molecular weight excluding hydrogens is 368 g/mol. The Morgan fingerprint density at radius 3 is 2.44 bits per heavy atom. The van der Waals surface area contributed by atoms with Gasteiger partial charge in [0.1, 0.15) is 12.3 Å². The number of sulfonamides is 1. The highest BCUT2D eigenvalue weighted by atomic mass is 32.2. The van der Waals surface area contributed by atoms with Crippen molar-refractivity contribution in [3.05, 3.63) is 54.1 Å². The van der Waals surface area contributed by atoms with Crippen molar-refractivity contribution in [2.24, 2.45) is 0 Å². The Hall–Kier alpha value is -2.87. The molecule has 0 aliphatic carbocycles. The Balaban J connectivity index is 2.21. The van der Waals surface area contributed by atoms with Crippen LogP contribution in [0.4, 0.5) is 11.4 Å². The lowest BCUT2D eigenvalue weighted by atomic mass is 10.1. The summed E-state index contributed by atoms with van der Waals surface area (Å²) in [4.78, 5) is 23.9. The van der Waals surface area contributed by atoms with Gasteiger partial charge in [-0.15, -0.1) is 0 Å². The lowest BCUT2D eigenvalue weighted by molar-refractivity contribution is -0.114. The predicted molar refractivity (Wildman–Crippen MR) is 105 cm³/mol. The monoisotopic (exact) mass is 390 g/mol. The molecule has 27 heavy (non-hydrogen) atoms. The number of benzene rings is 2. The number of ketones is 1. The van der Waals surface area contributed by atoms with Crippen LogP contribution in [0.5, 0.6) is 5.75 Å². The number of hydrogen-bond donors (Lipinski definition) is 1. The summed E-state index contributed by atoms with van der Waals surface area (Å²) in [6.07, 6.45) is 1.03. The van der Waals surface area contributed by atoms with Gasteiger partial charge < -0.3 is 10.1 Å². The number of Topliss-reactive ketones (excluding diaryl/α,β-unsaturated/α-hetero) is 1. The first-order valence-corrected chi connectivity index (χ1v) is 10.2. The average Bonchev–Trinajstić information content (AvgIpc) is 2.59. The van der Waals surface area contributed by atoms with Crippen molar-refractivity contribution < 1.29 is 22.7 Å². The number of nitrogens with one attached hydrogen (secondary N) is 1. The van der Waals surface area contributed by atoms with Crippen molar-refractivity contribution in [3.63, 3.8) is 0 Å². The van der Waals surface area contributed by atoms with Crippen LogP contribution >= 0.6 is 0 Å². The van der Waals surface area contributed by atoms with Gasteiger partial charge >= 0.3 is 0 Å². The van der Waals surface area contributed by atoms with Gasteiger partial charge in [-0.25, -0.2) is 8.42 Å². The number of carbonyl (C=O) groups is 2. The normalized spacial score (nSPS) is 10.9. The maximum absolute atomic E-state index is 12.4. The van der Waals surface area contributed by atoms with Gasteiger partial charge in [0, 0.05) is 17.3 Å². The van der Waals surface area contributed by atoms with Crippen molar-refractivity contribution in [1.82, 2.24) is 0 Å². The van der Waals surface area contributed by atoms with Gasteiger partial charge in [0.2, 0.25) is 15.9 Å². The molecule has 144 valence electrons. The largest absolute Gasteiger partial charge is 0.494 e. The average molecular weight is 390 g/mol. The van der Waals surface area contributed by atoms with Crippen LogP contribution in [0.15, 0.2) is 48.5 Å². The van der Waals surface area contributed by atoms with Crippen molar-refractivity contribution in [2.45, 2.75) is 13.8 Å². The van der Waals surface area contributed by atoms with E-state index in [0.717, 1.165) is 10.6 Å². The first-order chi connectivity index (χ1) is 12.7. The minimum atomic E-state index is -3.70. The SMILES string of the molecule is CCOc1cccc(N(CC(=O)Nc2cccc(C(C)=O)c2)S(C)(=O)=O)c1. The van der Waals surface area contributed by atoms with Gasteiger partial charge in [0.15, 0.2) is 5.78 Å². The number of hydrogen-bond acceptors (Lipinski definition) is 5. The molecule has 0 fully saturated rings. The third-order valence-corrected chi connectivity index (χ3v) is 4.80. The second kappa shape index (κ2) is 8.68. The summed E-state index contributed by atoms with van der Waals surface area (Å²) in [5, 5.41) is 2.62. The number of amides is 1. The van der Waals surface area contributed by atoms with Crippen molar-refractivity contribution in [1.29, 1.82) is 0 Å². The van der Waals surface area contributed by atoms with Crippen LogP contribution in [0.2, 0.25) is 0 Å². The predicted octanol–water partition coefficient (Wildman–Crippen LogP) is 2.69. The highest BCUT2D eigenvalue weighted by molar-refractivity contribution is 7.92. The fraction of sp³-hybridized carbons (Fsp3) is 0.263. The number of anilines is 2. The lowest BCUT2D eigenvalue weighted by Gasteiger charge is -2.22. The number of carbonyl (C=O) groups excluding carboxylic acids is 2. The minimum Gasteiger partial charge on any atom is -0.494 e. The molecule has 0 heterocycles. The molecule has 2 rings (SSSR count). The van der Waals surface area contributed by atoms with Gasteiger partial charge in [-0.2, -0.15) is 0 Å². The molecule has 0 aliphatic rings. The van der Waals surface area contributed by atoms with Crippen LogP contribution in [-0.4, -0.2) is 39.5 Å². The summed E-state index contributed by atoms with van der Waals surface area (Å²) in [6, 6.07) is 13.0. The van der Waals surface area contributed by atoms with E-state index in [0.29, 0.717) is 29.3 Å². The fourth-order valence-corrected chi connectivity index (χ4v) is 3.29. The second-order valence-corrected chi connectivity index (χ2v) is 7.79. The Morgan fingerprint density at radius 2 is 1.81 bits per heavy atom. The quantitative estimate of drug-likeness (QED) is 0.700. The standard InChI is InChI=1S/C19H22N2O5S/c1-4-26-18-10-6-9-17(12-18)21(27(3,24)25)13-19(23)20-16-8-5-7-15(11-16)14(2)22/h5-12H,4,13H2,1-3H3,(H,20,23). The first-order valence-electron chi connectivity index (χ1n) is 8.32. The lowest BCUT2D eigenvalue weighted by Crippen LogP contribution is -2.37. The zero-order chi connectivity index (χ0) is 20.0. The summed E-state index contributed by atoms with van der Waals surface area (Å²) < 4.78 is 30.8. The summed E-state index contributed by atoms with van der Waals surface area (Å²) in [6.45, 7) is 3.29. The van der Waals surface area contributed by atoms with Gasteiger partial charge in [-0.3, -0.25) is 13.9 Å². The van der Waals surface area contributed by atoms with Gasteiger partial charge in [0.25, 0.3) is 0 Å². The smallest absolute Gasteiger partial charge is 0.245 e. The van der Waals surface area contributed by atoms with Crippen molar-refractivity contribution >= 4 is 33.1 Å². The molecule has 2 aromatic rings. The van der Waals surface area contributed by atoms with Gasteiger partial charge in [-0.1, -0.05) is 18.2 Å². The molecule has 0 aromatic heterocycles. The van der Waals surface area contributed by atoms with Crippen LogP contribution in [-0.2, 0) is 14.8 Å². The van der Waals surface area contributed by atoms with E-state index in [1.165, 1.54) is 6.92 Å². The summed E-state index contributed by atoms with van der Waals surface area (Å²) in [5.41, 5.74) is 1.21. The minimum absolute atomic E-state index is 0.128. The van der Waals surface area contributed by atoms with Crippen LogP contribution in [0.25, 0.3) is 0 Å². The Kier molecular flexibility index (Phi) is 6.57. The number of nitrogens with zero attached hydrogens (tertiary/aromatic N) is 1. The van der Waals surface area contributed by atoms with Crippen molar-refractivity contribution in [2.75, 3.05) is 29.0 Å². The molecular formula is C19H22N2O5S. The van der Waals surface area contributed by atoms with E-state index in [-0.39, 0.29) is 5.78 Å². The molecule has 0 saturated heterocycles. The fourth-order valence-electron chi connectivity index (χ4n) is 2.44. The van der Waals surface area contributed by atoms with E-state index in [4.69, 9.17) is 4.74 Å². The number of rotatable bonds is 8. The molecule has 0 saturated carbocycles. The van der Waals surface area contributed by atoms with Crippen molar-refractivity contribution in [3.8, 4) is 5.75 Å². The summed E-state index contributed by atoms with van der Waals surface area (Å²) >= 11 is 0. The molecule has 0 radical (unpaired) electrons. The van der Waals surface area contributed by atoms with Crippen LogP contribution < -0.4 is 14.4 Å². The zero-order valence-electron chi connectivity index (χ0n) is 15.4. The Labute approximate surface area is 159 Å². The molecule has 0 bridgehead atoms. The molecule has 1 amide bonds. The Bertz CT molecular complexity index is 941. The van der Waals surface area contributed by atoms with Crippen LogP contribution in [0.3, 0.4) is 0 Å². The molecule has 2 aromatic carbocycles. The zero-order valence-corrected chi connectivity index (χ0v) is 16.2. The van der Waals surface area contributed by atoms with E-state index >= 15 is 0 Å². The molecule has 0 atom stereocenters. The maximum atomic E-state index is 12.4. The highest BCUT2D eigenvalue weighted by Gasteiger charge is 2.21. The third kappa shape index (κ3) is 5.82. The van der Waals surface area contributed by atoms with E-state index in [9.17, 15) is 18.0 Å². The van der Waals surface area contributed by atoms with Crippen LogP contribution in [0, 0.1) is 0 Å². The second-order valence-electron chi connectivity index (χ2n) is 5.89. The maximum Gasteiger partial charge on any atom is 0.245 e. The highest BCUT2D eigenvalue weighted by Crippen LogP contribution is 2.23. The molecule has 0 aliphatic heterocycles. The summed E-state index contributed by atoms with van der Waals surface area (Å²) in [7, 11) is -3.70. The van der Waals surface area contributed by atoms with Gasteiger partial charge in [-0.05, 0) is 38.1 Å². The summed E-state index contributed by atoms with van der Waals surface area (Å²) in [5.74, 6) is -0.141. The molecule has 8 heteroatoms. The van der Waals surface area contributed by atoms with Crippen LogP contribution in [0.1, 0.15) is 24.2 Å². The molecule has 0 spiro atoms. The van der Waals surface area contributed by atoms with E-state index in [2.05, 4.69) is 5.32 Å². The van der Waals surface area contributed by atoms with E-state index < -0.39 is 22.5 Å².